The monoisotopic (exact) mass is 449 g/mol. The Morgan fingerprint density at radius 1 is 1.03 bits per heavy atom. The molecule has 0 aliphatic carbocycles. The highest BCUT2D eigenvalue weighted by Crippen LogP contribution is 2.46. The Labute approximate surface area is 193 Å². The van der Waals surface area contributed by atoms with Gasteiger partial charge in [-0.05, 0) is 67.8 Å². The second kappa shape index (κ2) is 9.77. The number of carbonyl (C=O) groups excluding carboxylic acids is 1. The Morgan fingerprint density at radius 3 is 2.21 bits per heavy atom. The topological polar surface area (TPSA) is 70.0 Å². The minimum absolute atomic E-state index is 0.110. The van der Waals surface area contributed by atoms with Crippen LogP contribution >= 0.6 is 0 Å². The lowest BCUT2D eigenvalue weighted by Gasteiger charge is -2.22. The number of methoxy groups -OCH3 is 1. The number of halogens is 1. The first-order chi connectivity index (χ1) is 15.6. The highest BCUT2D eigenvalue weighted by atomic mass is 19.1. The molecular weight excluding hydrogens is 421 g/mol. The number of aromatic hydroxyl groups is 2. The normalized spacial score (nSPS) is 10.6. The van der Waals surface area contributed by atoms with Crippen LogP contribution in [-0.4, -0.2) is 29.8 Å². The van der Waals surface area contributed by atoms with E-state index in [1.54, 1.807) is 36.4 Å². The van der Waals surface area contributed by atoms with Crippen LogP contribution in [0.15, 0.2) is 60.2 Å². The fourth-order valence-corrected chi connectivity index (χ4v) is 3.76. The second-order valence-electron chi connectivity index (χ2n) is 8.12. The Balaban J connectivity index is 2.09. The lowest BCUT2D eigenvalue weighted by Crippen LogP contribution is -2.29. The highest BCUT2D eigenvalue weighted by molar-refractivity contribution is 5.93. The van der Waals surface area contributed by atoms with Crippen molar-refractivity contribution in [2.24, 2.45) is 0 Å². The maximum atomic E-state index is 15.1. The van der Waals surface area contributed by atoms with Crippen LogP contribution in [0.25, 0.3) is 22.3 Å². The summed E-state index contributed by atoms with van der Waals surface area (Å²) in [4.78, 5) is 13.5. The summed E-state index contributed by atoms with van der Waals surface area (Å²) in [7, 11) is 1.45. The SMILES string of the molecule is COc1c(-c2ccc(O)cc2)cc(C)c(-c2ccc(N(CC=C(C)C)C(C)=O)c(F)c2)c1O. The van der Waals surface area contributed by atoms with Crippen molar-refractivity contribution in [1.82, 2.24) is 0 Å². The molecule has 3 rings (SSSR count). The van der Waals surface area contributed by atoms with Crippen molar-refractivity contribution in [2.45, 2.75) is 27.7 Å². The van der Waals surface area contributed by atoms with E-state index in [0.717, 1.165) is 16.7 Å². The molecule has 6 heteroatoms. The zero-order valence-electron chi connectivity index (χ0n) is 19.4. The molecule has 0 spiro atoms. The number of hydrogen-bond acceptors (Lipinski definition) is 4. The molecule has 0 atom stereocenters. The summed E-state index contributed by atoms with van der Waals surface area (Å²) in [5, 5.41) is 20.6. The third kappa shape index (κ3) is 5.00. The van der Waals surface area contributed by atoms with Gasteiger partial charge >= 0.3 is 0 Å². The van der Waals surface area contributed by atoms with Crippen molar-refractivity contribution in [3.8, 4) is 39.5 Å². The summed E-state index contributed by atoms with van der Waals surface area (Å²) >= 11 is 0. The molecule has 172 valence electrons. The molecule has 3 aromatic carbocycles. The molecule has 0 aliphatic rings. The number of rotatable bonds is 6. The molecule has 0 saturated heterocycles. The number of carbonyl (C=O) groups is 1. The lowest BCUT2D eigenvalue weighted by molar-refractivity contribution is -0.116. The van der Waals surface area contributed by atoms with Crippen molar-refractivity contribution >= 4 is 11.6 Å². The van der Waals surface area contributed by atoms with Crippen LogP contribution in [0.1, 0.15) is 26.3 Å². The fourth-order valence-electron chi connectivity index (χ4n) is 3.76. The first kappa shape index (κ1) is 23.9. The Kier molecular flexibility index (Phi) is 7.07. The quantitative estimate of drug-likeness (QED) is 0.439. The standard InChI is InChI=1S/C27H28FNO4/c1-16(2)12-13-29(18(4)30)24-11-8-20(15-23(24)28)25-17(3)14-22(27(33-5)26(25)32)19-6-9-21(31)10-7-19/h6-12,14-15,31-32H,13H2,1-5H3. The molecule has 0 heterocycles. The molecule has 0 radical (unpaired) electrons. The van der Waals surface area contributed by atoms with Crippen molar-refractivity contribution in [1.29, 1.82) is 0 Å². The minimum Gasteiger partial charge on any atom is -0.508 e. The van der Waals surface area contributed by atoms with Crippen LogP contribution in [0.2, 0.25) is 0 Å². The molecule has 0 aliphatic heterocycles. The van der Waals surface area contributed by atoms with E-state index in [1.165, 1.54) is 25.0 Å². The molecule has 0 aromatic heterocycles. The second-order valence-corrected chi connectivity index (χ2v) is 8.12. The number of phenols is 2. The van der Waals surface area contributed by atoms with Gasteiger partial charge in [-0.25, -0.2) is 4.39 Å². The largest absolute Gasteiger partial charge is 0.508 e. The van der Waals surface area contributed by atoms with Gasteiger partial charge in [-0.3, -0.25) is 4.79 Å². The average molecular weight is 450 g/mol. The number of benzene rings is 3. The number of anilines is 1. The average Bonchev–Trinajstić information content (AvgIpc) is 2.75. The van der Waals surface area contributed by atoms with Gasteiger partial charge in [0.25, 0.3) is 0 Å². The van der Waals surface area contributed by atoms with E-state index in [2.05, 4.69) is 0 Å². The van der Waals surface area contributed by atoms with Crippen molar-refractivity contribution < 1.29 is 24.1 Å². The Hall–Kier alpha value is -3.80. The van der Waals surface area contributed by atoms with E-state index >= 15 is 4.39 Å². The van der Waals surface area contributed by atoms with Crippen LogP contribution in [0.5, 0.6) is 17.2 Å². The smallest absolute Gasteiger partial charge is 0.224 e. The molecule has 0 fully saturated rings. The van der Waals surface area contributed by atoms with Crippen LogP contribution < -0.4 is 9.64 Å². The fraction of sp³-hybridized carbons (Fsp3) is 0.222. The van der Waals surface area contributed by atoms with E-state index in [0.29, 0.717) is 16.7 Å². The van der Waals surface area contributed by atoms with E-state index in [1.807, 2.05) is 32.9 Å². The van der Waals surface area contributed by atoms with Gasteiger partial charge < -0.3 is 19.8 Å². The van der Waals surface area contributed by atoms with Crippen LogP contribution in [0.4, 0.5) is 10.1 Å². The Morgan fingerprint density at radius 2 is 1.67 bits per heavy atom. The third-order valence-corrected chi connectivity index (χ3v) is 5.42. The molecule has 33 heavy (non-hydrogen) atoms. The number of aryl methyl sites for hydroxylation is 1. The van der Waals surface area contributed by atoms with E-state index in [9.17, 15) is 15.0 Å². The van der Waals surface area contributed by atoms with Gasteiger partial charge in [0.15, 0.2) is 11.5 Å². The van der Waals surface area contributed by atoms with Crippen molar-refractivity contribution in [3.63, 3.8) is 0 Å². The van der Waals surface area contributed by atoms with Gasteiger partial charge in [-0.15, -0.1) is 0 Å². The minimum atomic E-state index is -0.565. The van der Waals surface area contributed by atoms with Crippen LogP contribution in [0, 0.1) is 12.7 Å². The highest BCUT2D eigenvalue weighted by Gasteiger charge is 2.21. The molecule has 1 amide bonds. The molecule has 0 saturated carbocycles. The zero-order valence-corrected chi connectivity index (χ0v) is 19.4. The van der Waals surface area contributed by atoms with E-state index in [4.69, 9.17) is 4.74 Å². The molecule has 0 bridgehead atoms. The Bertz CT molecular complexity index is 1210. The maximum Gasteiger partial charge on any atom is 0.224 e. The number of nitrogens with zero attached hydrogens (tertiary/aromatic N) is 1. The number of ether oxygens (including phenoxy) is 1. The summed E-state index contributed by atoms with van der Waals surface area (Å²) < 4.78 is 20.6. The predicted molar refractivity (Wildman–Crippen MR) is 129 cm³/mol. The summed E-state index contributed by atoms with van der Waals surface area (Å²) in [5.41, 5.74) is 4.24. The predicted octanol–water partition coefficient (Wildman–Crippen LogP) is 6.21. The first-order valence-electron chi connectivity index (χ1n) is 10.5. The summed E-state index contributed by atoms with van der Waals surface area (Å²) in [6.07, 6.45) is 1.86. The first-order valence-corrected chi connectivity index (χ1v) is 10.5. The lowest BCUT2D eigenvalue weighted by atomic mass is 9.93. The molecular formula is C27H28FNO4. The zero-order chi connectivity index (χ0) is 24.3. The van der Waals surface area contributed by atoms with Gasteiger partial charge in [0.05, 0.1) is 12.8 Å². The van der Waals surface area contributed by atoms with Gasteiger partial charge in [0.1, 0.15) is 11.6 Å². The van der Waals surface area contributed by atoms with Gasteiger partial charge in [0.2, 0.25) is 5.91 Å². The van der Waals surface area contributed by atoms with Crippen molar-refractivity contribution in [3.05, 3.63) is 71.6 Å². The van der Waals surface area contributed by atoms with Crippen molar-refractivity contribution in [2.75, 3.05) is 18.6 Å². The molecule has 3 aromatic rings. The van der Waals surface area contributed by atoms with Gasteiger partial charge in [-0.1, -0.05) is 29.8 Å². The van der Waals surface area contributed by atoms with E-state index in [-0.39, 0.29) is 35.4 Å². The third-order valence-electron chi connectivity index (χ3n) is 5.42. The summed E-state index contributed by atoms with van der Waals surface area (Å²) in [6, 6.07) is 12.9. The number of amides is 1. The van der Waals surface area contributed by atoms with Crippen LogP contribution in [0.3, 0.4) is 0 Å². The molecule has 0 unspecified atom stereocenters. The number of allylic oxidation sites excluding steroid dienone is 1. The van der Waals surface area contributed by atoms with Crippen LogP contribution in [-0.2, 0) is 4.79 Å². The summed E-state index contributed by atoms with van der Waals surface area (Å²) in [6.45, 7) is 7.32. The number of hydrogen-bond donors (Lipinski definition) is 2. The summed E-state index contributed by atoms with van der Waals surface area (Å²) in [5.74, 6) is -0.557. The van der Waals surface area contributed by atoms with Gasteiger partial charge in [0, 0.05) is 24.6 Å². The molecule has 5 nitrogen and oxygen atoms in total. The maximum absolute atomic E-state index is 15.1. The molecule has 2 N–H and O–H groups in total. The number of phenolic OH excluding ortho intramolecular Hbond substituents is 2. The van der Waals surface area contributed by atoms with Gasteiger partial charge in [-0.2, -0.15) is 0 Å². The van der Waals surface area contributed by atoms with E-state index < -0.39 is 5.82 Å².